The van der Waals surface area contributed by atoms with Gasteiger partial charge in [0.05, 0.1) is 19.1 Å². The van der Waals surface area contributed by atoms with Crippen molar-refractivity contribution < 1.29 is 5.11 Å². The summed E-state index contributed by atoms with van der Waals surface area (Å²) in [5.74, 6) is 0. The number of nitrogens with two attached hydrogens (primary N) is 1. The van der Waals surface area contributed by atoms with Gasteiger partial charge in [0.15, 0.2) is 0 Å². The first-order chi connectivity index (χ1) is 4.72. The van der Waals surface area contributed by atoms with Crippen molar-refractivity contribution in [1.82, 2.24) is 0 Å². The van der Waals surface area contributed by atoms with Gasteiger partial charge in [-0.3, -0.25) is 0 Å². The van der Waals surface area contributed by atoms with Crippen LogP contribution in [0.5, 0.6) is 0 Å². The van der Waals surface area contributed by atoms with E-state index in [1.165, 1.54) is 0 Å². The highest BCUT2D eigenvalue weighted by atomic mass is 16.3. The van der Waals surface area contributed by atoms with Crippen LogP contribution in [0.1, 0.15) is 32.6 Å². The van der Waals surface area contributed by atoms with Crippen LogP contribution < -0.4 is 5.73 Å². The molecule has 0 heterocycles. The van der Waals surface area contributed by atoms with Crippen LogP contribution in [0.2, 0.25) is 0 Å². The molecule has 2 atom stereocenters. The zero-order valence-electron chi connectivity index (χ0n) is 6.71. The largest absolute Gasteiger partial charge is 0.391 e. The minimum atomic E-state index is -0.350. The Balaban J connectivity index is 3.31. The summed E-state index contributed by atoms with van der Waals surface area (Å²) < 4.78 is 0. The minimum absolute atomic E-state index is 0.133. The summed E-state index contributed by atoms with van der Waals surface area (Å²) in [5, 5.41) is 9.28. The predicted octanol–water partition coefficient (Wildman–Crippen LogP) is 1.09. The van der Waals surface area contributed by atoms with Gasteiger partial charge in [-0.1, -0.05) is 19.8 Å². The van der Waals surface area contributed by atoms with E-state index < -0.39 is 0 Å². The van der Waals surface area contributed by atoms with Crippen LogP contribution in [0.15, 0.2) is 0 Å². The van der Waals surface area contributed by atoms with Gasteiger partial charge >= 0.3 is 0 Å². The molecule has 2 heteroatoms. The molecular weight excluding hydrogens is 126 g/mol. The molecule has 0 aliphatic rings. The van der Waals surface area contributed by atoms with E-state index in [1.54, 1.807) is 0 Å². The van der Waals surface area contributed by atoms with Crippen molar-refractivity contribution >= 4 is 0 Å². The zero-order chi connectivity index (χ0) is 7.98. The molecule has 0 saturated carbocycles. The van der Waals surface area contributed by atoms with E-state index in [1.807, 2.05) is 0 Å². The third-order valence-corrected chi connectivity index (χ3v) is 1.68. The monoisotopic (exact) mass is 144 g/mol. The highest BCUT2D eigenvalue weighted by molar-refractivity contribution is 4.71. The first kappa shape index (κ1) is 9.79. The van der Waals surface area contributed by atoms with E-state index >= 15 is 0 Å². The molecule has 2 nitrogen and oxygen atoms in total. The lowest BCUT2D eigenvalue weighted by molar-refractivity contribution is 0.132. The number of unbranched alkanes of at least 4 members (excludes halogenated alkanes) is 1. The molecule has 0 spiro atoms. The SMILES string of the molecule is [CH2+]CC(N)C(O)CCCC. The molecule has 0 aliphatic heterocycles. The number of aliphatic hydroxyl groups is 1. The number of hydrogen-bond acceptors (Lipinski definition) is 2. The summed E-state index contributed by atoms with van der Waals surface area (Å²) in [7, 11) is 0. The Hall–Kier alpha value is -0.210. The van der Waals surface area contributed by atoms with Crippen LogP contribution in [-0.2, 0) is 0 Å². The molecule has 3 N–H and O–H groups in total. The highest BCUT2D eigenvalue weighted by Gasteiger charge is 2.13. The fourth-order valence-corrected chi connectivity index (χ4v) is 0.820. The van der Waals surface area contributed by atoms with Crippen LogP contribution >= 0.6 is 0 Å². The lowest BCUT2D eigenvalue weighted by Crippen LogP contribution is -2.33. The second kappa shape index (κ2) is 5.57. The standard InChI is InChI=1S/C8H18NO/c1-3-5-6-8(10)7(9)4-2/h7-8,10H,2-6,9H2,1H3/q+1. The Bertz CT molecular complexity index is 75.7. The van der Waals surface area contributed by atoms with Gasteiger partial charge in [-0.15, -0.1) is 0 Å². The van der Waals surface area contributed by atoms with Crippen molar-refractivity contribution in [2.45, 2.75) is 44.8 Å². The summed E-state index contributed by atoms with van der Waals surface area (Å²) >= 11 is 0. The number of hydrogen-bond donors (Lipinski definition) is 2. The summed E-state index contributed by atoms with van der Waals surface area (Å²) in [5.41, 5.74) is 5.54. The van der Waals surface area contributed by atoms with Crippen LogP contribution in [-0.4, -0.2) is 17.3 Å². The lowest BCUT2D eigenvalue weighted by atomic mass is 10.0. The topological polar surface area (TPSA) is 46.2 Å². The average molecular weight is 144 g/mol. The Morgan fingerprint density at radius 3 is 2.60 bits per heavy atom. The smallest absolute Gasteiger partial charge is 0.103 e. The number of rotatable bonds is 5. The maximum absolute atomic E-state index is 9.28. The third kappa shape index (κ3) is 3.75. The summed E-state index contributed by atoms with van der Waals surface area (Å²) in [4.78, 5) is 0. The quantitative estimate of drug-likeness (QED) is 0.567. The molecule has 0 fully saturated rings. The van der Waals surface area contributed by atoms with E-state index in [9.17, 15) is 5.11 Å². The Labute approximate surface area is 63.4 Å². The van der Waals surface area contributed by atoms with Crippen molar-refractivity contribution in [3.63, 3.8) is 0 Å². The second-order valence-electron chi connectivity index (χ2n) is 2.66. The van der Waals surface area contributed by atoms with Gasteiger partial charge in [-0.25, -0.2) is 0 Å². The van der Waals surface area contributed by atoms with Gasteiger partial charge in [-0.2, -0.15) is 0 Å². The molecule has 0 amide bonds. The Morgan fingerprint density at radius 1 is 1.60 bits per heavy atom. The van der Waals surface area contributed by atoms with Crippen molar-refractivity contribution in [2.75, 3.05) is 0 Å². The van der Waals surface area contributed by atoms with Crippen LogP contribution in [0.4, 0.5) is 0 Å². The van der Waals surface area contributed by atoms with E-state index in [2.05, 4.69) is 13.8 Å². The van der Waals surface area contributed by atoms with E-state index in [4.69, 9.17) is 5.73 Å². The third-order valence-electron chi connectivity index (χ3n) is 1.68. The lowest BCUT2D eigenvalue weighted by Gasteiger charge is -2.13. The number of aliphatic hydroxyl groups excluding tert-OH is 1. The second-order valence-corrected chi connectivity index (χ2v) is 2.66. The maximum atomic E-state index is 9.28. The van der Waals surface area contributed by atoms with Crippen molar-refractivity contribution in [1.29, 1.82) is 0 Å². The van der Waals surface area contributed by atoms with E-state index in [-0.39, 0.29) is 12.1 Å². The molecule has 0 aromatic carbocycles. The van der Waals surface area contributed by atoms with Crippen LogP contribution in [0.25, 0.3) is 0 Å². The van der Waals surface area contributed by atoms with Gasteiger partial charge in [0.1, 0.15) is 6.42 Å². The van der Waals surface area contributed by atoms with Gasteiger partial charge in [0.25, 0.3) is 0 Å². The molecule has 10 heavy (non-hydrogen) atoms. The van der Waals surface area contributed by atoms with Crippen molar-refractivity contribution in [3.8, 4) is 0 Å². The molecule has 0 radical (unpaired) electrons. The highest BCUT2D eigenvalue weighted by Crippen LogP contribution is 2.04. The summed E-state index contributed by atoms with van der Waals surface area (Å²) in [6.07, 6.45) is 3.24. The maximum Gasteiger partial charge on any atom is 0.103 e. The normalized spacial score (nSPS) is 16.7. The van der Waals surface area contributed by atoms with Crippen LogP contribution in [0.3, 0.4) is 0 Å². The fourth-order valence-electron chi connectivity index (χ4n) is 0.820. The molecule has 60 valence electrons. The first-order valence-corrected chi connectivity index (χ1v) is 3.95. The Kier molecular flexibility index (Phi) is 5.45. The molecule has 2 unspecified atom stereocenters. The molecule has 0 saturated heterocycles. The van der Waals surface area contributed by atoms with E-state index in [0.29, 0.717) is 6.42 Å². The first-order valence-electron chi connectivity index (χ1n) is 3.95. The van der Waals surface area contributed by atoms with Gasteiger partial charge in [0.2, 0.25) is 0 Å². The molecule has 0 aromatic heterocycles. The predicted molar refractivity (Wildman–Crippen MR) is 43.5 cm³/mol. The van der Waals surface area contributed by atoms with Crippen molar-refractivity contribution in [2.24, 2.45) is 5.73 Å². The van der Waals surface area contributed by atoms with E-state index in [0.717, 1.165) is 19.3 Å². The molecule has 0 aliphatic carbocycles. The van der Waals surface area contributed by atoms with Crippen molar-refractivity contribution in [3.05, 3.63) is 6.92 Å². The van der Waals surface area contributed by atoms with Crippen LogP contribution in [0, 0.1) is 6.92 Å². The molecule has 0 bridgehead atoms. The fraction of sp³-hybridized carbons (Fsp3) is 0.875. The molecule has 0 rings (SSSR count). The molecular formula is C8H18NO+. The van der Waals surface area contributed by atoms with Gasteiger partial charge in [0, 0.05) is 0 Å². The summed E-state index contributed by atoms with van der Waals surface area (Å²) in [6, 6.07) is -0.133. The minimum Gasteiger partial charge on any atom is -0.391 e. The van der Waals surface area contributed by atoms with Gasteiger partial charge in [-0.05, 0) is 6.42 Å². The summed E-state index contributed by atoms with van der Waals surface area (Å²) in [6.45, 7) is 5.73. The zero-order valence-corrected chi connectivity index (χ0v) is 6.71. The molecule has 0 aromatic rings. The average Bonchev–Trinajstić information content (AvgIpc) is 1.98. The Morgan fingerprint density at radius 2 is 2.20 bits per heavy atom. The van der Waals surface area contributed by atoms with Gasteiger partial charge < -0.3 is 10.8 Å².